The minimum absolute atomic E-state index is 0.554. The molecule has 10 aromatic rings. The van der Waals surface area contributed by atoms with E-state index >= 15 is 0 Å². The average Bonchev–Trinajstić information content (AvgIpc) is 3.78. The molecule has 250 valence electrons. The number of hydrogen-bond donors (Lipinski definition) is 0. The number of nitrogens with zero attached hydrogens (tertiary/aromatic N) is 5. The van der Waals surface area contributed by atoms with Gasteiger partial charge in [-0.3, -0.25) is 0 Å². The highest BCUT2D eigenvalue weighted by molar-refractivity contribution is 6.12. The molecule has 6 heteroatoms. The van der Waals surface area contributed by atoms with Crippen molar-refractivity contribution in [1.82, 2.24) is 14.5 Å². The molecule has 0 aliphatic rings. The number of rotatable bonds is 5. The van der Waals surface area contributed by atoms with Crippen molar-refractivity contribution in [3.63, 3.8) is 0 Å². The zero-order valence-corrected chi connectivity index (χ0v) is 28.7. The Labute approximate surface area is 310 Å². The van der Waals surface area contributed by atoms with Gasteiger partial charge in [0.15, 0.2) is 11.4 Å². The van der Waals surface area contributed by atoms with E-state index in [4.69, 9.17) is 14.4 Å². The van der Waals surface area contributed by atoms with Crippen LogP contribution in [0.1, 0.15) is 11.1 Å². The zero-order chi connectivity index (χ0) is 36.2. The van der Waals surface area contributed by atoms with Gasteiger partial charge < -0.3 is 8.98 Å². The van der Waals surface area contributed by atoms with Gasteiger partial charge in [-0.15, -0.1) is 0 Å². The van der Waals surface area contributed by atoms with E-state index in [0.717, 1.165) is 77.4 Å². The second kappa shape index (κ2) is 12.5. The molecule has 10 rings (SSSR count). The van der Waals surface area contributed by atoms with Crippen LogP contribution in [0.5, 0.6) is 0 Å². The molecule has 0 unspecified atom stereocenters. The summed E-state index contributed by atoms with van der Waals surface area (Å²) in [7, 11) is 0. The molecule has 7 aromatic carbocycles. The Morgan fingerprint density at radius 2 is 1.00 bits per heavy atom. The summed E-state index contributed by atoms with van der Waals surface area (Å²) in [5.41, 5.74) is 12.5. The van der Waals surface area contributed by atoms with E-state index < -0.39 is 0 Å². The number of hydrogen-bond acceptors (Lipinski definition) is 5. The van der Waals surface area contributed by atoms with E-state index in [-0.39, 0.29) is 0 Å². The molecular weight excluding hydrogens is 663 g/mol. The van der Waals surface area contributed by atoms with Crippen LogP contribution in [-0.4, -0.2) is 14.5 Å². The Bertz CT molecular complexity index is 3040. The molecule has 0 N–H and O–H groups in total. The molecule has 6 nitrogen and oxygen atoms in total. The minimum Gasteiger partial charge on any atom is -0.452 e. The molecule has 0 bridgehead atoms. The van der Waals surface area contributed by atoms with Gasteiger partial charge in [-0.25, -0.2) is 9.97 Å². The average molecular weight is 690 g/mol. The standard InChI is InChI=1S/C48H27N5O/c49-28-30-20-22-41-39(24-30)40-25-31(29-50)21-23-42(40)53(41)46-37(32-12-4-1-5-13-32)26-35(27-38(46)33-14-6-2-7-15-33)44-47-45(36-18-10-11-19-43(36)54-47)52-48(51-44)34-16-8-3-9-17-34/h1-27H. The van der Waals surface area contributed by atoms with Gasteiger partial charge in [0, 0.05) is 38.4 Å². The van der Waals surface area contributed by atoms with E-state index in [9.17, 15) is 10.5 Å². The summed E-state index contributed by atoms with van der Waals surface area (Å²) < 4.78 is 8.87. The van der Waals surface area contributed by atoms with Crippen LogP contribution in [0.2, 0.25) is 0 Å². The molecule has 0 spiro atoms. The fraction of sp³-hybridized carbons (Fsp3) is 0. The van der Waals surface area contributed by atoms with Crippen LogP contribution in [-0.2, 0) is 0 Å². The summed E-state index contributed by atoms with van der Waals surface area (Å²) in [5.74, 6) is 0.611. The highest BCUT2D eigenvalue weighted by atomic mass is 16.3. The van der Waals surface area contributed by atoms with Gasteiger partial charge in [0.2, 0.25) is 0 Å². The number of aromatic nitrogens is 3. The lowest BCUT2D eigenvalue weighted by atomic mass is 9.91. The molecule has 0 amide bonds. The second-order valence-corrected chi connectivity index (χ2v) is 13.2. The summed E-state index contributed by atoms with van der Waals surface area (Å²) in [6.07, 6.45) is 0. The lowest BCUT2D eigenvalue weighted by molar-refractivity contribution is 0.667. The van der Waals surface area contributed by atoms with E-state index in [2.05, 4.69) is 53.1 Å². The van der Waals surface area contributed by atoms with Crippen molar-refractivity contribution >= 4 is 43.9 Å². The van der Waals surface area contributed by atoms with Crippen LogP contribution in [0.3, 0.4) is 0 Å². The Hall–Kier alpha value is -7.80. The van der Waals surface area contributed by atoms with Gasteiger partial charge >= 0.3 is 0 Å². The molecule has 0 radical (unpaired) electrons. The predicted molar refractivity (Wildman–Crippen MR) is 215 cm³/mol. The normalized spacial score (nSPS) is 11.3. The van der Waals surface area contributed by atoms with Crippen molar-refractivity contribution in [1.29, 1.82) is 10.5 Å². The zero-order valence-electron chi connectivity index (χ0n) is 28.7. The maximum Gasteiger partial charge on any atom is 0.180 e. The lowest BCUT2D eigenvalue weighted by Gasteiger charge is -2.21. The molecule has 0 fully saturated rings. The number of para-hydroxylation sites is 1. The number of fused-ring (bicyclic) bond motifs is 6. The van der Waals surface area contributed by atoms with E-state index in [1.54, 1.807) is 0 Å². The van der Waals surface area contributed by atoms with Gasteiger partial charge in [0.25, 0.3) is 0 Å². The maximum absolute atomic E-state index is 9.90. The third-order valence-electron chi connectivity index (χ3n) is 10.1. The van der Waals surface area contributed by atoms with Crippen molar-refractivity contribution in [2.45, 2.75) is 0 Å². The number of benzene rings is 7. The van der Waals surface area contributed by atoms with Crippen LogP contribution < -0.4 is 0 Å². The van der Waals surface area contributed by atoms with Crippen molar-refractivity contribution in [2.75, 3.05) is 0 Å². The largest absolute Gasteiger partial charge is 0.452 e. The molecule has 3 aromatic heterocycles. The summed E-state index contributed by atoms with van der Waals surface area (Å²) in [5, 5.41) is 22.5. The highest BCUT2D eigenvalue weighted by Crippen LogP contribution is 2.45. The van der Waals surface area contributed by atoms with Gasteiger partial charge in [-0.2, -0.15) is 10.5 Å². The Kier molecular flexibility index (Phi) is 7.15. The molecule has 0 atom stereocenters. The molecular formula is C48H27N5O. The van der Waals surface area contributed by atoms with Crippen molar-refractivity contribution in [2.24, 2.45) is 0 Å². The van der Waals surface area contributed by atoms with E-state index in [0.29, 0.717) is 28.2 Å². The second-order valence-electron chi connectivity index (χ2n) is 13.2. The van der Waals surface area contributed by atoms with Gasteiger partial charge in [0.05, 0.1) is 40.0 Å². The van der Waals surface area contributed by atoms with Crippen molar-refractivity contribution in [3.8, 4) is 62.7 Å². The first kappa shape index (κ1) is 31.0. The summed E-state index contributed by atoms with van der Waals surface area (Å²) >= 11 is 0. The van der Waals surface area contributed by atoms with Crippen LogP contribution in [0, 0.1) is 22.7 Å². The Morgan fingerprint density at radius 1 is 0.481 bits per heavy atom. The monoisotopic (exact) mass is 689 g/mol. The smallest absolute Gasteiger partial charge is 0.180 e. The van der Waals surface area contributed by atoms with Gasteiger partial charge in [0.1, 0.15) is 16.8 Å². The summed E-state index contributed by atoms with van der Waals surface area (Å²) in [6.45, 7) is 0. The summed E-state index contributed by atoms with van der Waals surface area (Å²) in [4.78, 5) is 10.3. The van der Waals surface area contributed by atoms with Crippen LogP contribution in [0.15, 0.2) is 168 Å². The Balaban J connectivity index is 1.37. The fourth-order valence-electron chi connectivity index (χ4n) is 7.59. The Morgan fingerprint density at radius 3 is 1.56 bits per heavy atom. The van der Waals surface area contributed by atoms with Crippen molar-refractivity contribution in [3.05, 3.63) is 175 Å². The molecule has 3 heterocycles. The third-order valence-corrected chi connectivity index (χ3v) is 10.1. The number of furan rings is 1. The predicted octanol–water partition coefficient (Wildman–Crippen LogP) is 11.9. The van der Waals surface area contributed by atoms with E-state index in [1.165, 1.54) is 0 Å². The molecule has 0 aliphatic carbocycles. The topological polar surface area (TPSA) is 91.4 Å². The van der Waals surface area contributed by atoms with Crippen LogP contribution >= 0.6 is 0 Å². The van der Waals surface area contributed by atoms with Gasteiger partial charge in [-0.1, -0.05) is 103 Å². The first-order valence-electron chi connectivity index (χ1n) is 17.6. The van der Waals surface area contributed by atoms with Crippen LogP contribution in [0.25, 0.3) is 94.5 Å². The highest BCUT2D eigenvalue weighted by Gasteiger charge is 2.25. The molecule has 0 saturated carbocycles. The van der Waals surface area contributed by atoms with Gasteiger partial charge in [-0.05, 0) is 71.8 Å². The fourth-order valence-corrected chi connectivity index (χ4v) is 7.59. The summed E-state index contributed by atoms with van der Waals surface area (Å²) in [6, 6.07) is 59.3. The maximum atomic E-state index is 9.90. The molecule has 0 saturated heterocycles. The minimum atomic E-state index is 0.554. The molecule has 54 heavy (non-hydrogen) atoms. The number of nitriles is 2. The van der Waals surface area contributed by atoms with Crippen molar-refractivity contribution < 1.29 is 4.42 Å². The van der Waals surface area contributed by atoms with E-state index in [1.807, 2.05) is 127 Å². The first-order chi connectivity index (χ1) is 26.7. The first-order valence-corrected chi connectivity index (χ1v) is 17.6. The SMILES string of the molecule is N#Cc1ccc2c(c1)c1cc(C#N)ccc1n2-c1c(-c2ccccc2)cc(-c2nc(-c3ccccc3)nc3c2oc2ccccc23)cc1-c1ccccc1. The molecule has 0 aliphatic heterocycles. The quantitative estimate of drug-likeness (QED) is 0.179. The third kappa shape index (κ3) is 4.94. The van der Waals surface area contributed by atoms with Crippen LogP contribution in [0.4, 0.5) is 0 Å². The lowest BCUT2D eigenvalue weighted by Crippen LogP contribution is -2.02.